The number of hydrogen-bond donors (Lipinski definition) is 1. The fourth-order valence-corrected chi connectivity index (χ4v) is 4.69. The molecule has 0 aliphatic carbocycles. The molecule has 0 saturated carbocycles. The van der Waals surface area contributed by atoms with Gasteiger partial charge in [-0.25, -0.2) is 0 Å². The van der Waals surface area contributed by atoms with Gasteiger partial charge in [-0.2, -0.15) is 0 Å². The number of benzene rings is 3. The number of amides is 1. The summed E-state index contributed by atoms with van der Waals surface area (Å²) in [5, 5.41) is 12.4. The molecule has 4 rings (SSSR count). The van der Waals surface area contributed by atoms with Crippen molar-refractivity contribution in [3.05, 3.63) is 76.8 Å². The Hall–Kier alpha value is -3.30. The first-order valence-electron chi connectivity index (χ1n) is 11.0. The quantitative estimate of drug-likeness (QED) is 0.251. The van der Waals surface area contributed by atoms with E-state index >= 15 is 0 Å². The standard InChI is InChI=1S/C26H25BrN4O3S/c1-4-34-22-12-8-20(9-13-22)31-25(18-5-10-21(33-3)11-6-18)29-30-26(31)35-16-24(32)28-23-14-7-19(27)15-17(23)2/h5-15H,4,16H2,1-3H3,(H,28,32). The van der Waals surface area contributed by atoms with Crippen molar-refractivity contribution in [2.75, 3.05) is 24.8 Å². The van der Waals surface area contributed by atoms with Crippen molar-refractivity contribution in [3.8, 4) is 28.6 Å². The Bertz CT molecular complexity index is 1310. The summed E-state index contributed by atoms with van der Waals surface area (Å²) in [5.74, 6) is 2.29. The van der Waals surface area contributed by atoms with Gasteiger partial charge in [-0.1, -0.05) is 27.7 Å². The average molecular weight is 553 g/mol. The Labute approximate surface area is 217 Å². The first kappa shape index (κ1) is 24.8. The van der Waals surface area contributed by atoms with Crippen LogP contribution in [-0.4, -0.2) is 40.1 Å². The Morgan fingerprint density at radius 2 is 1.74 bits per heavy atom. The molecule has 1 heterocycles. The number of hydrogen-bond acceptors (Lipinski definition) is 6. The molecule has 9 heteroatoms. The summed E-state index contributed by atoms with van der Waals surface area (Å²) in [6.45, 7) is 4.50. The molecule has 180 valence electrons. The summed E-state index contributed by atoms with van der Waals surface area (Å²) in [6.07, 6.45) is 0. The number of halogens is 1. The molecule has 0 aliphatic heterocycles. The van der Waals surface area contributed by atoms with Crippen LogP contribution < -0.4 is 14.8 Å². The molecule has 1 aromatic heterocycles. The fourth-order valence-electron chi connectivity index (χ4n) is 3.47. The number of rotatable bonds is 9. The maximum atomic E-state index is 12.7. The number of ether oxygens (including phenoxy) is 2. The Balaban J connectivity index is 1.60. The summed E-state index contributed by atoms with van der Waals surface area (Å²) in [7, 11) is 1.63. The number of carbonyl (C=O) groups excluding carboxylic acids is 1. The Morgan fingerprint density at radius 3 is 2.40 bits per heavy atom. The van der Waals surface area contributed by atoms with E-state index in [2.05, 4.69) is 31.4 Å². The van der Waals surface area contributed by atoms with E-state index in [9.17, 15) is 4.79 Å². The maximum Gasteiger partial charge on any atom is 0.234 e. The van der Waals surface area contributed by atoms with Crippen molar-refractivity contribution in [1.82, 2.24) is 14.8 Å². The largest absolute Gasteiger partial charge is 0.497 e. The van der Waals surface area contributed by atoms with Crippen LogP contribution in [0.4, 0.5) is 5.69 Å². The fraction of sp³-hybridized carbons (Fsp3) is 0.192. The molecule has 0 fully saturated rings. The zero-order valence-electron chi connectivity index (χ0n) is 19.6. The van der Waals surface area contributed by atoms with E-state index in [1.54, 1.807) is 7.11 Å². The topological polar surface area (TPSA) is 78.3 Å². The van der Waals surface area contributed by atoms with Gasteiger partial charge in [0.15, 0.2) is 11.0 Å². The van der Waals surface area contributed by atoms with E-state index < -0.39 is 0 Å². The van der Waals surface area contributed by atoms with Gasteiger partial charge in [0, 0.05) is 21.4 Å². The molecule has 4 aromatic rings. The molecule has 1 N–H and O–H groups in total. The number of nitrogens with zero attached hydrogens (tertiary/aromatic N) is 3. The lowest BCUT2D eigenvalue weighted by Gasteiger charge is -2.12. The molecule has 0 spiro atoms. The number of methoxy groups -OCH3 is 1. The molecule has 0 aliphatic rings. The highest BCUT2D eigenvalue weighted by Gasteiger charge is 2.18. The molecule has 7 nitrogen and oxygen atoms in total. The van der Waals surface area contributed by atoms with Crippen molar-refractivity contribution in [1.29, 1.82) is 0 Å². The van der Waals surface area contributed by atoms with Crippen LogP contribution in [0.15, 0.2) is 76.4 Å². The molecule has 35 heavy (non-hydrogen) atoms. The normalized spacial score (nSPS) is 10.7. The van der Waals surface area contributed by atoms with Crippen LogP contribution in [0.2, 0.25) is 0 Å². The van der Waals surface area contributed by atoms with E-state index in [-0.39, 0.29) is 11.7 Å². The third-order valence-electron chi connectivity index (χ3n) is 5.18. The average Bonchev–Trinajstić information content (AvgIpc) is 3.29. The zero-order chi connectivity index (χ0) is 24.8. The van der Waals surface area contributed by atoms with Gasteiger partial charge in [-0.15, -0.1) is 10.2 Å². The summed E-state index contributed by atoms with van der Waals surface area (Å²) >= 11 is 4.77. The molecule has 0 unspecified atom stereocenters. The number of aryl methyl sites for hydroxylation is 1. The summed E-state index contributed by atoms with van der Waals surface area (Å²) < 4.78 is 13.8. The minimum absolute atomic E-state index is 0.118. The summed E-state index contributed by atoms with van der Waals surface area (Å²) in [5.41, 5.74) is 3.52. The highest BCUT2D eigenvalue weighted by atomic mass is 79.9. The van der Waals surface area contributed by atoms with Crippen LogP contribution in [0.25, 0.3) is 17.1 Å². The van der Waals surface area contributed by atoms with Gasteiger partial charge in [0.2, 0.25) is 5.91 Å². The molecule has 1 amide bonds. The van der Waals surface area contributed by atoms with E-state index in [0.717, 1.165) is 38.5 Å². The minimum Gasteiger partial charge on any atom is -0.497 e. The van der Waals surface area contributed by atoms with Gasteiger partial charge >= 0.3 is 0 Å². The number of thioether (sulfide) groups is 1. The number of aromatic nitrogens is 3. The molecule has 0 saturated heterocycles. The van der Waals surface area contributed by atoms with Gasteiger partial charge in [0.25, 0.3) is 0 Å². The van der Waals surface area contributed by atoms with Crippen molar-refractivity contribution in [2.45, 2.75) is 19.0 Å². The van der Waals surface area contributed by atoms with E-state index in [1.807, 2.05) is 85.1 Å². The third-order valence-corrected chi connectivity index (χ3v) is 6.60. The lowest BCUT2D eigenvalue weighted by molar-refractivity contribution is -0.113. The van der Waals surface area contributed by atoms with Crippen molar-refractivity contribution < 1.29 is 14.3 Å². The van der Waals surface area contributed by atoms with Gasteiger partial charge in [-0.3, -0.25) is 9.36 Å². The van der Waals surface area contributed by atoms with Crippen LogP contribution in [0.5, 0.6) is 11.5 Å². The predicted octanol–water partition coefficient (Wildman–Crippen LogP) is 6.14. The first-order chi connectivity index (χ1) is 17.0. The lowest BCUT2D eigenvalue weighted by Crippen LogP contribution is -2.15. The monoisotopic (exact) mass is 552 g/mol. The second-order valence-corrected chi connectivity index (χ2v) is 9.45. The van der Waals surface area contributed by atoms with Crippen LogP contribution in [-0.2, 0) is 4.79 Å². The second kappa shape index (κ2) is 11.4. The van der Waals surface area contributed by atoms with Crippen molar-refractivity contribution in [3.63, 3.8) is 0 Å². The molecule has 3 aromatic carbocycles. The Morgan fingerprint density at radius 1 is 1.03 bits per heavy atom. The van der Waals surface area contributed by atoms with Crippen LogP contribution >= 0.6 is 27.7 Å². The van der Waals surface area contributed by atoms with E-state index in [4.69, 9.17) is 9.47 Å². The number of carbonyl (C=O) groups is 1. The van der Waals surface area contributed by atoms with Gasteiger partial charge in [0.1, 0.15) is 11.5 Å². The molecular formula is C26H25BrN4O3S. The number of anilines is 1. The third kappa shape index (κ3) is 6.04. The van der Waals surface area contributed by atoms with Gasteiger partial charge in [-0.05, 0) is 86.1 Å². The van der Waals surface area contributed by atoms with Crippen molar-refractivity contribution >= 4 is 39.3 Å². The highest BCUT2D eigenvalue weighted by Crippen LogP contribution is 2.30. The SMILES string of the molecule is CCOc1ccc(-n2c(SCC(=O)Nc3ccc(Br)cc3C)nnc2-c2ccc(OC)cc2)cc1. The predicted molar refractivity (Wildman–Crippen MR) is 143 cm³/mol. The molecule has 0 bridgehead atoms. The highest BCUT2D eigenvalue weighted by molar-refractivity contribution is 9.10. The summed E-state index contributed by atoms with van der Waals surface area (Å²) in [6, 6.07) is 21.1. The van der Waals surface area contributed by atoms with Gasteiger partial charge in [0.05, 0.1) is 19.5 Å². The Kier molecular flexibility index (Phi) is 8.09. The second-order valence-electron chi connectivity index (χ2n) is 7.59. The van der Waals surface area contributed by atoms with E-state index in [1.165, 1.54) is 11.8 Å². The van der Waals surface area contributed by atoms with Crippen LogP contribution in [0.1, 0.15) is 12.5 Å². The lowest BCUT2D eigenvalue weighted by atomic mass is 10.2. The minimum atomic E-state index is -0.118. The van der Waals surface area contributed by atoms with Crippen LogP contribution in [0, 0.1) is 6.92 Å². The van der Waals surface area contributed by atoms with Crippen molar-refractivity contribution in [2.24, 2.45) is 0 Å². The van der Waals surface area contributed by atoms with Gasteiger partial charge < -0.3 is 14.8 Å². The molecule has 0 atom stereocenters. The van der Waals surface area contributed by atoms with E-state index in [0.29, 0.717) is 17.6 Å². The number of nitrogens with one attached hydrogen (secondary N) is 1. The smallest absolute Gasteiger partial charge is 0.234 e. The zero-order valence-corrected chi connectivity index (χ0v) is 22.0. The van der Waals surface area contributed by atoms with Crippen LogP contribution in [0.3, 0.4) is 0 Å². The maximum absolute atomic E-state index is 12.7. The first-order valence-corrected chi connectivity index (χ1v) is 12.8. The molecule has 0 radical (unpaired) electrons. The summed E-state index contributed by atoms with van der Waals surface area (Å²) in [4.78, 5) is 12.7. The molecular weight excluding hydrogens is 528 g/mol.